The van der Waals surface area contributed by atoms with Crippen molar-refractivity contribution in [2.24, 2.45) is 0 Å². The molecule has 0 radical (unpaired) electrons. The maximum absolute atomic E-state index is 11.4. The van der Waals surface area contributed by atoms with Gasteiger partial charge >= 0.3 is 5.97 Å². The molecule has 0 aromatic heterocycles. The summed E-state index contributed by atoms with van der Waals surface area (Å²) in [6, 6.07) is 7.20. The van der Waals surface area contributed by atoms with Crippen LogP contribution in [0.4, 0.5) is 0 Å². The normalized spacial score (nSPS) is 9.62. The molecule has 0 saturated heterocycles. The summed E-state index contributed by atoms with van der Waals surface area (Å²) in [6.45, 7) is 0. The molecule has 0 bridgehead atoms. The predicted octanol–water partition coefficient (Wildman–Crippen LogP) is 1.15. The summed E-state index contributed by atoms with van der Waals surface area (Å²) in [7, 11) is 2.95. The molecule has 0 fully saturated rings. The predicted molar refractivity (Wildman–Crippen MR) is 60.2 cm³/mol. The number of hydrogen-bond acceptors (Lipinski definition) is 3. The van der Waals surface area contributed by atoms with E-state index in [0.29, 0.717) is 18.4 Å². The largest absolute Gasteiger partial charge is 0.469 e. The second-order valence-electron chi connectivity index (χ2n) is 3.36. The monoisotopic (exact) mass is 221 g/mol. The SMILES string of the molecule is CNC(=O)c1cccc(CCC(=O)OC)c1. The Morgan fingerprint density at radius 1 is 1.38 bits per heavy atom. The van der Waals surface area contributed by atoms with Crippen molar-refractivity contribution in [3.63, 3.8) is 0 Å². The van der Waals surface area contributed by atoms with Crippen LogP contribution in [0.1, 0.15) is 22.3 Å². The third kappa shape index (κ3) is 3.38. The number of carbonyl (C=O) groups excluding carboxylic acids is 2. The van der Waals surface area contributed by atoms with Crippen LogP contribution in [0.2, 0.25) is 0 Å². The smallest absolute Gasteiger partial charge is 0.305 e. The minimum Gasteiger partial charge on any atom is -0.469 e. The van der Waals surface area contributed by atoms with Gasteiger partial charge in [0.1, 0.15) is 0 Å². The van der Waals surface area contributed by atoms with E-state index in [4.69, 9.17) is 0 Å². The Labute approximate surface area is 94.6 Å². The number of esters is 1. The van der Waals surface area contributed by atoms with Crippen LogP contribution in [0, 0.1) is 0 Å². The summed E-state index contributed by atoms with van der Waals surface area (Å²) in [6.07, 6.45) is 0.908. The number of hydrogen-bond donors (Lipinski definition) is 1. The molecule has 1 N–H and O–H groups in total. The minimum atomic E-state index is -0.245. The van der Waals surface area contributed by atoms with Gasteiger partial charge in [0.15, 0.2) is 0 Å². The van der Waals surface area contributed by atoms with Gasteiger partial charge in [0.2, 0.25) is 0 Å². The third-order valence-corrected chi connectivity index (χ3v) is 2.26. The van der Waals surface area contributed by atoms with Crippen molar-refractivity contribution in [2.45, 2.75) is 12.8 Å². The lowest BCUT2D eigenvalue weighted by Crippen LogP contribution is -2.17. The molecule has 0 saturated carbocycles. The molecule has 0 heterocycles. The number of benzene rings is 1. The average molecular weight is 221 g/mol. The van der Waals surface area contributed by atoms with E-state index in [1.165, 1.54) is 7.11 Å². The zero-order valence-electron chi connectivity index (χ0n) is 9.45. The van der Waals surface area contributed by atoms with Crippen molar-refractivity contribution in [3.8, 4) is 0 Å². The number of nitrogens with one attached hydrogen (secondary N) is 1. The molecule has 0 aliphatic rings. The van der Waals surface area contributed by atoms with Gasteiger partial charge in [-0.25, -0.2) is 0 Å². The van der Waals surface area contributed by atoms with Crippen LogP contribution in [0.15, 0.2) is 24.3 Å². The molecule has 4 heteroatoms. The van der Waals surface area contributed by atoms with Gasteiger partial charge in [-0.2, -0.15) is 0 Å². The third-order valence-electron chi connectivity index (χ3n) is 2.26. The van der Waals surface area contributed by atoms with Gasteiger partial charge in [-0.1, -0.05) is 12.1 Å². The molecular formula is C12H15NO3. The Morgan fingerprint density at radius 2 is 2.12 bits per heavy atom. The van der Waals surface area contributed by atoms with Gasteiger partial charge in [0.05, 0.1) is 7.11 Å². The molecular weight excluding hydrogens is 206 g/mol. The lowest BCUT2D eigenvalue weighted by molar-refractivity contribution is -0.140. The number of carbonyl (C=O) groups is 2. The Morgan fingerprint density at radius 3 is 2.75 bits per heavy atom. The Hall–Kier alpha value is -1.84. The highest BCUT2D eigenvalue weighted by atomic mass is 16.5. The van der Waals surface area contributed by atoms with E-state index in [2.05, 4.69) is 10.1 Å². The second kappa shape index (κ2) is 5.90. The van der Waals surface area contributed by atoms with Crippen LogP contribution >= 0.6 is 0 Å². The molecule has 0 unspecified atom stereocenters. The Bertz CT molecular complexity index is 388. The highest BCUT2D eigenvalue weighted by Gasteiger charge is 2.05. The van der Waals surface area contributed by atoms with E-state index in [1.54, 1.807) is 25.2 Å². The van der Waals surface area contributed by atoms with Gasteiger partial charge in [0.25, 0.3) is 5.91 Å². The van der Waals surface area contributed by atoms with E-state index in [9.17, 15) is 9.59 Å². The first-order valence-electron chi connectivity index (χ1n) is 5.05. The highest BCUT2D eigenvalue weighted by molar-refractivity contribution is 5.94. The standard InChI is InChI=1S/C12H15NO3/c1-13-12(15)10-5-3-4-9(8-10)6-7-11(14)16-2/h3-5,8H,6-7H2,1-2H3,(H,13,15). The fourth-order valence-corrected chi connectivity index (χ4v) is 1.36. The van der Waals surface area contributed by atoms with Crippen LogP contribution < -0.4 is 5.32 Å². The first kappa shape index (κ1) is 12.2. The molecule has 0 spiro atoms. The van der Waals surface area contributed by atoms with E-state index < -0.39 is 0 Å². The Kier molecular flexibility index (Phi) is 4.51. The molecule has 16 heavy (non-hydrogen) atoms. The zero-order valence-corrected chi connectivity index (χ0v) is 9.45. The molecule has 1 aromatic carbocycles. The highest BCUT2D eigenvalue weighted by Crippen LogP contribution is 2.08. The number of rotatable bonds is 4. The lowest BCUT2D eigenvalue weighted by Gasteiger charge is -2.03. The van der Waals surface area contributed by atoms with E-state index in [1.807, 2.05) is 6.07 Å². The summed E-state index contributed by atoms with van der Waals surface area (Å²) >= 11 is 0. The fourth-order valence-electron chi connectivity index (χ4n) is 1.36. The minimum absolute atomic E-state index is 0.125. The Balaban J connectivity index is 2.67. The summed E-state index contributed by atoms with van der Waals surface area (Å²) in [4.78, 5) is 22.3. The van der Waals surface area contributed by atoms with E-state index in [-0.39, 0.29) is 11.9 Å². The number of methoxy groups -OCH3 is 1. The van der Waals surface area contributed by atoms with Crippen LogP contribution in [-0.4, -0.2) is 26.0 Å². The number of aryl methyl sites for hydroxylation is 1. The van der Waals surface area contributed by atoms with Crippen molar-refractivity contribution >= 4 is 11.9 Å². The molecule has 0 aliphatic carbocycles. The first-order valence-corrected chi connectivity index (χ1v) is 5.05. The zero-order chi connectivity index (χ0) is 12.0. The molecule has 0 atom stereocenters. The van der Waals surface area contributed by atoms with E-state index >= 15 is 0 Å². The lowest BCUT2D eigenvalue weighted by atomic mass is 10.1. The van der Waals surface area contributed by atoms with Crippen LogP contribution in [0.25, 0.3) is 0 Å². The summed E-state index contributed by atoms with van der Waals surface area (Å²) in [5.41, 5.74) is 1.55. The van der Waals surface area contributed by atoms with Crippen molar-refractivity contribution in [1.82, 2.24) is 5.32 Å². The molecule has 0 aliphatic heterocycles. The van der Waals surface area contributed by atoms with Crippen molar-refractivity contribution < 1.29 is 14.3 Å². The van der Waals surface area contributed by atoms with Crippen LogP contribution in [-0.2, 0) is 16.0 Å². The molecule has 1 amide bonds. The topological polar surface area (TPSA) is 55.4 Å². The molecule has 1 aromatic rings. The van der Waals surface area contributed by atoms with Gasteiger partial charge in [-0.15, -0.1) is 0 Å². The van der Waals surface area contributed by atoms with Crippen LogP contribution in [0.5, 0.6) is 0 Å². The molecule has 1 rings (SSSR count). The number of ether oxygens (including phenoxy) is 1. The molecule has 86 valence electrons. The maximum atomic E-state index is 11.4. The summed E-state index contributed by atoms with van der Waals surface area (Å²) in [5.74, 6) is -0.370. The first-order chi connectivity index (χ1) is 7.67. The van der Waals surface area contributed by atoms with Crippen molar-refractivity contribution in [1.29, 1.82) is 0 Å². The van der Waals surface area contributed by atoms with Crippen molar-refractivity contribution in [3.05, 3.63) is 35.4 Å². The summed E-state index contributed by atoms with van der Waals surface area (Å²) < 4.78 is 4.55. The fraction of sp³-hybridized carbons (Fsp3) is 0.333. The van der Waals surface area contributed by atoms with Gasteiger partial charge in [-0.3, -0.25) is 9.59 Å². The van der Waals surface area contributed by atoms with Gasteiger partial charge in [0, 0.05) is 19.0 Å². The second-order valence-corrected chi connectivity index (χ2v) is 3.36. The van der Waals surface area contributed by atoms with Crippen molar-refractivity contribution in [2.75, 3.05) is 14.2 Å². The van der Waals surface area contributed by atoms with Gasteiger partial charge in [-0.05, 0) is 24.1 Å². The van der Waals surface area contributed by atoms with Gasteiger partial charge < -0.3 is 10.1 Å². The summed E-state index contributed by atoms with van der Waals surface area (Å²) in [5, 5.41) is 2.55. The van der Waals surface area contributed by atoms with Crippen LogP contribution in [0.3, 0.4) is 0 Å². The molecule has 4 nitrogen and oxygen atoms in total. The van der Waals surface area contributed by atoms with E-state index in [0.717, 1.165) is 5.56 Å². The average Bonchev–Trinajstić information content (AvgIpc) is 2.35. The maximum Gasteiger partial charge on any atom is 0.305 e. The quantitative estimate of drug-likeness (QED) is 0.776. The number of amides is 1.